The summed E-state index contributed by atoms with van der Waals surface area (Å²) >= 11 is 0. The van der Waals surface area contributed by atoms with Gasteiger partial charge in [0, 0.05) is 36.4 Å². The molecule has 0 aliphatic heterocycles. The third-order valence-electron chi connectivity index (χ3n) is 3.58. The Morgan fingerprint density at radius 2 is 2.18 bits per heavy atom. The highest BCUT2D eigenvalue weighted by molar-refractivity contribution is 5.11. The SMILES string of the molecule is CC(C)n1cc(C(CN)NC2CCCC2)cn1. The van der Waals surface area contributed by atoms with Gasteiger partial charge >= 0.3 is 0 Å². The Morgan fingerprint density at radius 1 is 1.47 bits per heavy atom. The van der Waals surface area contributed by atoms with Crippen molar-refractivity contribution in [1.29, 1.82) is 0 Å². The lowest BCUT2D eigenvalue weighted by molar-refractivity contribution is 0.443. The molecule has 0 spiro atoms. The van der Waals surface area contributed by atoms with Gasteiger partial charge < -0.3 is 11.1 Å². The molecular weight excluding hydrogens is 212 g/mol. The van der Waals surface area contributed by atoms with E-state index in [-0.39, 0.29) is 6.04 Å². The summed E-state index contributed by atoms with van der Waals surface area (Å²) in [6.45, 7) is 4.91. The molecule has 3 N–H and O–H groups in total. The minimum absolute atomic E-state index is 0.255. The van der Waals surface area contributed by atoms with Crippen LogP contribution in [0, 0.1) is 0 Å². The van der Waals surface area contributed by atoms with Gasteiger partial charge in [-0.1, -0.05) is 12.8 Å². The van der Waals surface area contributed by atoms with Gasteiger partial charge in [0.1, 0.15) is 0 Å². The first-order valence-corrected chi connectivity index (χ1v) is 6.71. The lowest BCUT2D eigenvalue weighted by Gasteiger charge is -2.20. The second kappa shape index (κ2) is 5.65. The van der Waals surface area contributed by atoms with Crippen LogP contribution in [0.15, 0.2) is 12.4 Å². The monoisotopic (exact) mass is 236 g/mol. The number of hydrogen-bond donors (Lipinski definition) is 2. The van der Waals surface area contributed by atoms with Crippen molar-refractivity contribution in [3.8, 4) is 0 Å². The minimum atomic E-state index is 0.255. The normalized spacial score (nSPS) is 19.1. The summed E-state index contributed by atoms with van der Waals surface area (Å²) in [6.07, 6.45) is 9.33. The second-order valence-corrected chi connectivity index (χ2v) is 5.28. The van der Waals surface area contributed by atoms with Crippen molar-refractivity contribution in [2.24, 2.45) is 5.73 Å². The predicted octanol–water partition coefficient (Wildman–Crippen LogP) is 2.00. The van der Waals surface area contributed by atoms with E-state index < -0.39 is 0 Å². The van der Waals surface area contributed by atoms with Crippen LogP contribution < -0.4 is 11.1 Å². The average molecular weight is 236 g/mol. The van der Waals surface area contributed by atoms with E-state index in [9.17, 15) is 0 Å². The van der Waals surface area contributed by atoms with E-state index in [1.54, 1.807) is 0 Å². The molecule has 1 aliphatic rings. The van der Waals surface area contributed by atoms with Crippen molar-refractivity contribution >= 4 is 0 Å². The van der Waals surface area contributed by atoms with Crippen LogP contribution in [0.25, 0.3) is 0 Å². The molecule has 4 nitrogen and oxygen atoms in total. The largest absolute Gasteiger partial charge is 0.329 e. The van der Waals surface area contributed by atoms with Gasteiger partial charge in [0.05, 0.1) is 6.20 Å². The molecule has 1 fully saturated rings. The maximum atomic E-state index is 5.87. The average Bonchev–Trinajstić information content (AvgIpc) is 2.96. The Bertz CT molecular complexity index is 339. The van der Waals surface area contributed by atoms with Crippen molar-refractivity contribution in [2.75, 3.05) is 6.54 Å². The zero-order valence-electron chi connectivity index (χ0n) is 10.9. The zero-order chi connectivity index (χ0) is 12.3. The van der Waals surface area contributed by atoms with Gasteiger partial charge in [-0.2, -0.15) is 5.10 Å². The molecule has 0 amide bonds. The van der Waals surface area contributed by atoms with Crippen LogP contribution in [0.4, 0.5) is 0 Å². The molecule has 0 saturated heterocycles. The van der Waals surface area contributed by atoms with Gasteiger partial charge in [0.25, 0.3) is 0 Å². The minimum Gasteiger partial charge on any atom is -0.329 e. The van der Waals surface area contributed by atoms with E-state index in [1.807, 2.05) is 10.9 Å². The van der Waals surface area contributed by atoms with Crippen molar-refractivity contribution in [3.63, 3.8) is 0 Å². The van der Waals surface area contributed by atoms with Crippen molar-refractivity contribution < 1.29 is 0 Å². The number of nitrogens with two attached hydrogens (primary N) is 1. The molecule has 1 unspecified atom stereocenters. The van der Waals surface area contributed by atoms with Gasteiger partial charge in [-0.15, -0.1) is 0 Å². The van der Waals surface area contributed by atoms with E-state index in [2.05, 4.69) is 30.5 Å². The van der Waals surface area contributed by atoms with Crippen molar-refractivity contribution in [3.05, 3.63) is 18.0 Å². The Kier molecular flexibility index (Phi) is 4.18. The standard InChI is InChI=1S/C13H24N4/c1-10(2)17-9-11(8-15-17)13(7-14)16-12-5-3-4-6-12/h8-10,12-13,16H,3-7,14H2,1-2H3. The van der Waals surface area contributed by atoms with Gasteiger partial charge in [-0.3, -0.25) is 4.68 Å². The van der Waals surface area contributed by atoms with Crippen LogP contribution in [0.2, 0.25) is 0 Å². The van der Waals surface area contributed by atoms with Gasteiger partial charge in [-0.05, 0) is 26.7 Å². The Balaban J connectivity index is 2.00. The Hall–Kier alpha value is -0.870. The van der Waals surface area contributed by atoms with Gasteiger partial charge in [0.2, 0.25) is 0 Å². The van der Waals surface area contributed by atoms with Crippen molar-refractivity contribution in [2.45, 2.75) is 57.7 Å². The number of nitrogens with one attached hydrogen (secondary N) is 1. The molecule has 1 heterocycles. The lowest BCUT2D eigenvalue weighted by Crippen LogP contribution is -2.34. The molecule has 4 heteroatoms. The molecule has 0 aromatic carbocycles. The highest BCUT2D eigenvalue weighted by atomic mass is 15.3. The van der Waals surface area contributed by atoms with Crippen LogP contribution in [-0.2, 0) is 0 Å². The first-order valence-electron chi connectivity index (χ1n) is 6.71. The van der Waals surface area contributed by atoms with Crippen LogP contribution in [0.3, 0.4) is 0 Å². The summed E-state index contributed by atoms with van der Waals surface area (Å²) in [5.74, 6) is 0. The fourth-order valence-corrected chi connectivity index (χ4v) is 2.49. The summed E-state index contributed by atoms with van der Waals surface area (Å²) in [6, 6.07) is 1.31. The Labute approximate surface area is 104 Å². The smallest absolute Gasteiger partial charge is 0.0538 e. The summed E-state index contributed by atoms with van der Waals surface area (Å²) in [4.78, 5) is 0. The van der Waals surface area contributed by atoms with Gasteiger partial charge in [0.15, 0.2) is 0 Å². The molecule has 1 aromatic rings. The van der Waals surface area contributed by atoms with E-state index >= 15 is 0 Å². The first kappa shape index (κ1) is 12.6. The molecule has 96 valence electrons. The van der Waals surface area contributed by atoms with Crippen LogP contribution >= 0.6 is 0 Å². The zero-order valence-corrected chi connectivity index (χ0v) is 10.9. The van der Waals surface area contributed by atoms with Crippen LogP contribution in [0.5, 0.6) is 0 Å². The van der Waals surface area contributed by atoms with Crippen LogP contribution in [0.1, 0.15) is 57.2 Å². The number of hydrogen-bond acceptors (Lipinski definition) is 3. The lowest BCUT2D eigenvalue weighted by atomic mass is 10.1. The maximum Gasteiger partial charge on any atom is 0.0538 e. The van der Waals surface area contributed by atoms with E-state index in [0.717, 1.165) is 0 Å². The third kappa shape index (κ3) is 3.07. The molecule has 17 heavy (non-hydrogen) atoms. The Morgan fingerprint density at radius 3 is 2.71 bits per heavy atom. The highest BCUT2D eigenvalue weighted by Gasteiger charge is 2.20. The van der Waals surface area contributed by atoms with E-state index in [0.29, 0.717) is 18.6 Å². The molecule has 2 rings (SSSR count). The molecule has 0 radical (unpaired) electrons. The molecular formula is C13H24N4. The molecule has 1 aliphatic carbocycles. The summed E-state index contributed by atoms with van der Waals surface area (Å²) in [5, 5.41) is 8.04. The van der Waals surface area contributed by atoms with Gasteiger partial charge in [-0.25, -0.2) is 0 Å². The van der Waals surface area contributed by atoms with E-state index in [1.165, 1.54) is 31.2 Å². The topological polar surface area (TPSA) is 55.9 Å². The summed E-state index contributed by atoms with van der Waals surface area (Å²) in [7, 11) is 0. The van der Waals surface area contributed by atoms with E-state index in [4.69, 9.17) is 5.73 Å². The maximum absolute atomic E-state index is 5.87. The molecule has 1 atom stereocenters. The predicted molar refractivity (Wildman–Crippen MR) is 69.8 cm³/mol. The number of nitrogens with zero attached hydrogens (tertiary/aromatic N) is 2. The molecule has 1 saturated carbocycles. The summed E-state index contributed by atoms with van der Waals surface area (Å²) < 4.78 is 1.99. The molecule has 0 bridgehead atoms. The number of aromatic nitrogens is 2. The second-order valence-electron chi connectivity index (χ2n) is 5.28. The van der Waals surface area contributed by atoms with Crippen molar-refractivity contribution in [1.82, 2.24) is 15.1 Å². The number of rotatable bonds is 5. The fourth-order valence-electron chi connectivity index (χ4n) is 2.49. The van der Waals surface area contributed by atoms with Crippen LogP contribution in [-0.4, -0.2) is 22.4 Å². The fraction of sp³-hybridized carbons (Fsp3) is 0.769. The molecule has 1 aromatic heterocycles. The first-order chi connectivity index (χ1) is 8.20. The highest BCUT2D eigenvalue weighted by Crippen LogP contribution is 2.22. The quantitative estimate of drug-likeness (QED) is 0.822. The summed E-state index contributed by atoms with van der Waals surface area (Å²) in [5.41, 5.74) is 7.08. The third-order valence-corrected chi connectivity index (χ3v) is 3.58.